The minimum absolute atomic E-state index is 0.168. The summed E-state index contributed by atoms with van der Waals surface area (Å²) in [5.74, 6) is 0.286. The van der Waals surface area contributed by atoms with E-state index < -0.39 is 5.97 Å². The molecule has 0 aliphatic heterocycles. The number of benzene rings is 3. The average molecular weight is 414 g/mol. The van der Waals surface area contributed by atoms with Gasteiger partial charge in [-0.3, -0.25) is 0 Å². The standard InChI is InChI=1S/C24H22N4O3/c1-31-22-13-7-4-9-17(22)20-14-23(26-19-11-5-3-10-18(19)24(29)30)28(27-20)21-12-6-2-8-16(21)15-25/h2-14,26H,15,25H2,1H3,(H,29,30). The van der Waals surface area contributed by atoms with Crippen molar-refractivity contribution in [2.45, 2.75) is 6.54 Å². The van der Waals surface area contributed by atoms with Crippen molar-refractivity contribution in [3.8, 4) is 22.7 Å². The summed E-state index contributed by atoms with van der Waals surface area (Å²) in [5, 5.41) is 17.6. The smallest absolute Gasteiger partial charge is 0.337 e. The Morgan fingerprint density at radius 1 is 1.06 bits per heavy atom. The third-order valence-electron chi connectivity index (χ3n) is 4.95. The lowest BCUT2D eigenvalue weighted by Crippen LogP contribution is -2.09. The lowest BCUT2D eigenvalue weighted by atomic mass is 10.1. The molecule has 0 atom stereocenters. The molecule has 0 saturated heterocycles. The maximum absolute atomic E-state index is 11.7. The molecule has 1 heterocycles. The summed E-state index contributed by atoms with van der Waals surface area (Å²) in [5.41, 5.74) is 9.81. The highest BCUT2D eigenvalue weighted by Gasteiger charge is 2.18. The molecule has 0 unspecified atom stereocenters. The quantitative estimate of drug-likeness (QED) is 0.413. The largest absolute Gasteiger partial charge is 0.496 e. The van der Waals surface area contributed by atoms with E-state index in [-0.39, 0.29) is 5.56 Å². The number of aromatic nitrogens is 2. The fraction of sp³-hybridized carbons (Fsp3) is 0.0833. The minimum atomic E-state index is -1.01. The SMILES string of the molecule is COc1ccccc1-c1cc(Nc2ccccc2C(=O)O)n(-c2ccccc2CN)n1. The third kappa shape index (κ3) is 3.99. The van der Waals surface area contributed by atoms with Crippen LogP contribution in [0, 0.1) is 0 Å². The topological polar surface area (TPSA) is 102 Å². The molecule has 4 aromatic rings. The highest BCUT2D eigenvalue weighted by molar-refractivity contribution is 5.95. The Hall–Kier alpha value is -4.10. The van der Waals surface area contributed by atoms with Crippen LogP contribution in [0.15, 0.2) is 78.9 Å². The number of anilines is 2. The van der Waals surface area contributed by atoms with Crippen molar-refractivity contribution in [2.75, 3.05) is 12.4 Å². The summed E-state index contributed by atoms with van der Waals surface area (Å²) in [4.78, 5) is 11.7. The van der Waals surface area contributed by atoms with E-state index in [4.69, 9.17) is 15.6 Å². The first kappa shape index (κ1) is 20.2. The van der Waals surface area contributed by atoms with Gasteiger partial charge in [0.05, 0.1) is 29.7 Å². The van der Waals surface area contributed by atoms with Crippen LogP contribution in [-0.4, -0.2) is 28.0 Å². The van der Waals surface area contributed by atoms with E-state index in [0.29, 0.717) is 29.5 Å². The Morgan fingerprint density at radius 2 is 1.77 bits per heavy atom. The van der Waals surface area contributed by atoms with E-state index >= 15 is 0 Å². The van der Waals surface area contributed by atoms with Crippen molar-refractivity contribution < 1.29 is 14.6 Å². The van der Waals surface area contributed by atoms with E-state index in [0.717, 1.165) is 16.8 Å². The number of nitrogens with two attached hydrogens (primary N) is 1. The van der Waals surface area contributed by atoms with Gasteiger partial charge in [-0.15, -0.1) is 0 Å². The van der Waals surface area contributed by atoms with Crippen molar-refractivity contribution in [1.82, 2.24) is 9.78 Å². The molecule has 0 radical (unpaired) electrons. The fourth-order valence-corrected chi connectivity index (χ4v) is 3.45. The van der Waals surface area contributed by atoms with Crippen LogP contribution >= 0.6 is 0 Å². The molecule has 7 nitrogen and oxygen atoms in total. The maximum atomic E-state index is 11.7. The lowest BCUT2D eigenvalue weighted by Gasteiger charge is -2.14. The average Bonchev–Trinajstić information content (AvgIpc) is 3.22. The van der Waals surface area contributed by atoms with Crippen molar-refractivity contribution in [1.29, 1.82) is 0 Å². The van der Waals surface area contributed by atoms with Gasteiger partial charge >= 0.3 is 5.97 Å². The van der Waals surface area contributed by atoms with Crippen molar-refractivity contribution in [3.63, 3.8) is 0 Å². The molecule has 0 aliphatic carbocycles. The van der Waals surface area contributed by atoms with Gasteiger partial charge in [-0.1, -0.05) is 42.5 Å². The van der Waals surface area contributed by atoms with Crippen LogP contribution in [0.1, 0.15) is 15.9 Å². The van der Waals surface area contributed by atoms with Crippen molar-refractivity contribution in [3.05, 3.63) is 90.0 Å². The molecule has 4 rings (SSSR count). The number of carboxylic acids is 1. The minimum Gasteiger partial charge on any atom is -0.496 e. The van der Waals surface area contributed by atoms with Gasteiger partial charge in [-0.2, -0.15) is 5.10 Å². The Morgan fingerprint density at radius 3 is 2.55 bits per heavy atom. The van der Waals surface area contributed by atoms with E-state index in [2.05, 4.69) is 5.32 Å². The number of aromatic carboxylic acids is 1. The molecule has 1 aromatic heterocycles. The molecule has 0 fully saturated rings. The first-order valence-corrected chi connectivity index (χ1v) is 9.73. The number of ether oxygens (including phenoxy) is 1. The van der Waals surface area contributed by atoms with Crippen LogP contribution in [0.3, 0.4) is 0 Å². The molecule has 4 N–H and O–H groups in total. The van der Waals surface area contributed by atoms with Gasteiger partial charge in [0.1, 0.15) is 11.6 Å². The lowest BCUT2D eigenvalue weighted by molar-refractivity contribution is 0.0698. The molecule has 0 bridgehead atoms. The third-order valence-corrected chi connectivity index (χ3v) is 4.95. The monoisotopic (exact) mass is 414 g/mol. The second-order valence-electron chi connectivity index (χ2n) is 6.84. The molecule has 3 aromatic carbocycles. The zero-order chi connectivity index (χ0) is 21.8. The molecule has 0 aliphatic rings. The number of nitrogens with one attached hydrogen (secondary N) is 1. The van der Waals surface area contributed by atoms with Gasteiger partial charge in [-0.05, 0) is 35.9 Å². The summed E-state index contributed by atoms with van der Waals surface area (Å²) in [6.45, 7) is 0.338. The van der Waals surface area contributed by atoms with E-state index in [9.17, 15) is 9.90 Å². The predicted molar refractivity (Wildman–Crippen MR) is 120 cm³/mol. The van der Waals surface area contributed by atoms with E-state index in [1.54, 1.807) is 36.1 Å². The highest BCUT2D eigenvalue weighted by atomic mass is 16.5. The van der Waals surface area contributed by atoms with Crippen LogP contribution in [0.4, 0.5) is 11.5 Å². The molecule has 156 valence electrons. The second kappa shape index (κ2) is 8.73. The first-order chi connectivity index (χ1) is 15.1. The molecular formula is C24H22N4O3. The Kier molecular flexibility index (Phi) is 5.68. The number of carboxylic acid groups (broad SMARTS) is 1. The van der Waals surface area contributed by atoms with Gasteiger partial charge in [0.2, 0.25) is 0 Å². The summed E-state index contributed by atoms with van der Waals surface area (Å²) in [6.07, 6.45) is 0. The summed E-state index contributed by atoms with van der Waals surface area (Å²) in [7, 11) is 1.61. The molecule has 0 saturated carbocycles. The molecular weight excluding hydrogens is 392 g/mol. The number of nitrogens with zero attached hydrogens (tertiary/aromatic N) is 2. The summed E-state index contributed by atoms with van der Waals surface area (Å²) < 4.78 is 7.24. The predicted octanol–water partition coefficient (Wildman–Crippen LogP) is 4.45. The number of hydrogen-bond acceptors (Lipinski definition) is 5. The van der Waals surface area contributed by atoms with Gasteiger partial charge in [0.15, 0.2) is 0 Å². The fourth-order valence-electron chi connectivity index (χ4n) is 3.45. The van der Waals surface area contributed by atoms with Crippen LogP contribution in [0.25, 0.3) is 16.9 Å². The summed E-state index contributed by atoms with van der Waals surface area (Å²) >= 11 is 0. The normalized spacial score (nSPS) is 10.6. The van der Waals surface area contributed by atoms with Crippen molar-refractivity contribution in [2.24, 2.45) is 5.73 Å². The number of rotatable bonds is 7. The number of methoxy groups -OCH3 is 1. The molecule has 0 spiro atoms. The van der Waals surface area contributed by atoms with Gasteiger partial charge in [0, 0.05) is 18.2 Å². The van der Waals surface area contributed by atoms with Crippen LogP contribution in [0.5, 0.6) is 5.75 Å². The van der Waals surface area contributed by atoms with E-state index in [1.807, 2.05) is 54.6 Å². The number of hydrogen-bond donors (Lipinski definition) is 3. The van der Waals surface area contributed by atoms with Crippen molar-refractivity contribution >= 4 is 17.5 Å². The zero-order valence-corrected chi connectivity index (χ0v) is 16.9. The number of carbonyl (C=O) groups is 1. The van der Waals surface area contributed by atoms with Gasteiger partial charge in [0.25, 0.3) is 0 Å². The maximum Gasteiger partial charge on any atom is 0.337 e. The molecule has 31 heavy (non-hydrogen) atoms. The Balaban J connectivity index is 1.89. The van der Waals surface area contributed by atoms with E-state index in [1.165, 1.54) is 0 Å². The number of para-hydroxylation sites is 3. The Labute approximate surface area is 179 Å². The van der Waals surface area contributed by atoms with Crippen LogP contribution in [-0.2, 0) is 6.54 Å². The highest BCUT2D eigenvalue weighted by Crippen LogP contribution is 2.33. The van der Waals surface area contributed by atoms with Crippen LogP contribution < -0.4 is 15.8 Å². The molecule has 0 amide bonds. The Bertz CT molecular complexity index is 1230. The van der Waals surface area contributed by atoms with Gasteiger partial charge < -0.3 is 20.9 Å². The molecule has 7 heteroatoms. The zero-order valence-electron chi connectivity index (χ0n) is 16.9. The first-order valence-electron chi connectivity index (χ1n) is 9.73. The van der Waals surface area contributed by atoms with Crippen LogP contribution in [0.2, 0.25) is 0 Å². The van der Waals surface area contributed by atoms with Gasteiger partial charge in [-0.25, -0.2) is 9.48 Å². The summed E-state index contributed by atoms with van der Waals surface area (Å²) in [6, 6.07) is 23.9. The second-order valence-corrected chi connectivity index (χ2v) is 6.84.